The Morgan fingerprint density at radius 1 is 1.35 bits per heavy atom. The van der Waals surface area contributed by atoms with Crippen LogP contribution < -0.4 is 5.32 Å². The smallest absolute Gasteiger partial charge is 0.251 e. The first-order chi connectivity index (χ1) is 8.00. The van der Waals surface area contributed by atoms with Crippen LogP contribution in [0.2, 0.25) is 0 Å². The Balaban J connectivity index is 2.11. The van der Waals surface area contributed by atoms with Crippen molar-refractivity contribution in [2.24, 2.45) is 0 Å². The van der Waals surface area contributed by atoms with Gasteiger partial charge in [0.1, 0.15) is 0 Å². The average Bonchev–Trinajstić information content (AvgIpc) is 2.69. The van der Waals surface area contributed by atoms with Gasteiger partial charge in [-0.05, 0) is 50.5 Å². The number of halogens is 1. The highest BCUT2D eigenvalue weighted by Gasteiger charge is 2.30. The van der Waals surface area contributed by atoms with Crippen molar-refractivity contribution in [3.05, 3.63) is 33.8 Å². The van der Waals surface area contributed by atoms with Gasteiger partial charge in [-0.3, -0.25) is 4.79 Å². The molecule has 1 aliphatic rings. The third-order valence-corrected chi connectivity index (χ3v) is 4.43. The van der Waals surface area contributed by atoms with Crippen LogP contribution in [0.3, 0.4) is 0 Å². The molecule has 0 unspecified atom stereocenters. The van der Waals surface area contributed by atoms with Gasteiger partial charge in [-0.15, -0.1) is 0 Å². The number of nitrogens with one attached hydrogen (secondary N) is 1. The van der Waals surface area contributed by atoms with Gasteiger partial charge in [0.15, 0.2) is 0 Å². The van der Waals surface area contributed by atoms with E-state index in [0.29, 0.717) is 0 Å². The lowest BCUT2D eigenvalue weighted by molar-refractivity contribution is 0.0908. The molecule has 0 aromatic heterocycles. The van der Waals surface area contributed by atoms with Crippen LogP contribution in [0.5, 0.6) is 0 Å². The summed E-state index contributed by atoms with van der Waals surface area (Å²) in [6.07, 6.45) is 4.62. The van der Waals surface area contributed by atoms with Crippen molar-refractivity contribution in [3.8, 4) is 0 Å². The predicted octanol–water partition coefficient (Wildman–Crippen LogP) is 3.82. The number of amides is 1. The second-order valence-electron chi connectivity index (χ2n) is 5.19. The highest BCUT2D eigenvalue weighted by atomic mass is 79.9. The summed E-state index contributed by atoms with van der Waals surface area (Å²) in [6, 6.07) is 5.73. The summed E-state index contributed by atoms with van der Waals surface area (Å²) in [5.41, 5.74) is 1.84. The lowest BCUT2D eigenvalue weighted by atomic mass is 10.00. The molecule has 0 heterocycles. The quantitative estimate of drug-likeness (QED) is 0.883. The number of carbonyl (C=O) groups excluding carboxylic acids is 1. The molecule has 0 radical (unpaired) electrons. The fraction of sp³-hybridized carbons (Fsp3) is 0.500. The molecule has 92 valence electrons. The third-order valence-electron chi connectivity index (χ3n) is 3.54. The fourth-order valence-corrected chi connectivity index (χ4v) is 2.66. The summed E-state index contributed by atoms with van der Waals surface area (Å²) in [6.45, 7) is 4.14. The summed E-state index contributed by atoms with van der Waals surface area (Å²) >= 11 is 3.45. The van der Waals surface area contributed by atoms with Gasteiger partial charge in [0, 0.05) is 15.6 Å². The molecule has 0 spiro atoms. The first kappa shape index (κ1) is 12.6. The zero-order valence-corrected chi connectivity index (χ0v) is 11.9. The topological polar surface area (TPSA) is 29.1 Å². The van der Waals surface area contributed by atoms with Gasteiger partial charge in [0.2, 0.25) is 0 Å². The zero-order chi connectivity index (χ0) is 12.5. The Hall–Kier alpha value is -0.830. The minimum Gasteiger partial charge on any atom is -0.347 e. The van der Waals surface area contributed by atoms with Gasteiger partial charge < -0.3 is 5.32 Å². The predicted molar refractivity (Wildman–Crippen MR) is 73.2 cm³/mol. The van der Waals surface area contributed by atoms with E-state index in [0.717, 1.165) is 28.4 Å². The molecule has 0 atom stereocenters. The number of aryl methyl sites for hydroxylation is 1. The number of rotatable bonds is 2. The molecule has 17 heavy (non-hydrogen) atoms. The van der Waals surface area contributed by atoms with Crippen molar-refractivity contribution < 1.29 is 4.79 Å². The van der Waals surface area contributed by atoms with Crippen LogP contribution in [-0.2, 0) is 0 Å². The van der Waals surface area contributed by atoms with Crippen molar-refractivity contribution >= 4 is 21.8 Å². The van der Waals surface area contributed by atoms with Gasteiger partial charge in [-0.1, -0.05) is 28.8 Å². The highest BCUT2D eigenvalue weighted by molar-refractivity contribution is 9.10. The molecular weight excluding hydrogens is 278 g/mol. The summed E-state index contributed by atoms with van der Waals surface area (Å²) in [7, 11) is 0. The Morgan fingerprint density at radius 3 is 2.59 bits per heavy atom. The van der Waals surface area contributed by atoms with Crippen molar-refractivity contribution in [3.63, 3.8) is 0 Å². The molecule has 1 saturated carbocycles. The Kier molecular flexibility index (Phi) is 3.57. The lowest BCUT2D eigenvalue weighted by Crippen LogP contribution is -2.43. The van der Waals surface area contributed by atoms with E-state index in [2.05, 4.69) is 28.2 Å². The second-order valence-corrected chi connectivity index (χ2v) is 6.04. The maximum atomic E-state index is 12.1. The molecule has 3 heteroatoms. The van der Waals surface area contributed by atoms with Gasteiger partial charge in [0.05, 0.1) is 0 Å². The van der Waals surface area contributed by atoms with Crippen molar-refractivity contribution in [2.75, 3.05) is 0 Å². The Labute approximate surface area is 111 Å². The summed E-state index contributed by atoms with van der Waals surface area (Å²) < 4.78 is 1.04. The third kappa shape index (κ3) is 2.89. The maximum Gasteiger partial charge on any atom is 0.251 e. The van der Waals surface area contributed by atoms with Crippen LogP contribution in [0.25, 0.3) is 0 Å². The Morgan fingerprint density at radius 2 is 2.00 bits per heavy atom. The fourth-order valence-electron chi connectivity index (χ4n) is 2.41. The average molecular weight is 296 g/mol. The summed E-state index contributed by atoms with van der Waals surface area (Å²) in [5.74, 6) is 0.0463. The molecule has 1 amide bonds. The first-order valence-electron chi connectivity index (χ1n) is 6.09. The number of carbonyl (C=O) groups is 1. The van der Waals surface area contributed by atoms with Crippen molar-refractivity contribution in [1.29, 1.82) is 0 Å². The molecule has 1 fully saturated rings. The lowest BCUT2D eigenvalue weighted by Gasteiger charge is -2.25. The number of hydrogen-bond donors (Lipinski definition) is 1. The second kappa shape index (κ2) is 4.81. The van der Waals surface area contributed by atoms with E-state index >= 15 is 0 Å². The number of hydrogen-bond acceptors (Lipinski definition) is 1. The van der Waals surface area contributed by atoms with Gasteiger partial charge >= 0.3 is 0 Å². The molecule has 0 aliphatic heterocycles. The minimum absolute atomic E-state index is 0.00192. The summed E-state index contributed by atoms with van der Waals surface area (Å²) in [5, 5.41) is 3.16. The van der Waals surface area contributed by atoms with Crippen molar-refractivity contribution in [2.45, 2.75) is 45.1 Å². The van der Waals surface area contributed by atoms with Crippen LogP contribution in [0.15, 0.2) is 22.7 Å². The molecule has 2 rings (SSSR count). The van der Waals surface area contributed by atoms with Crippen LogP contribution >= 0.6 is 15.9 Å². The largest absolute Gasteiger partial charge is 0.347 e. The highest BCUT2D eigenvalue weighted by Crippen LogP contribution is 2.29. The normalized spacial score (nSPS) is 18.1. The van der Waals surface area contributed by atoms with Gasteiger partial charge in [-0.25, -0.2) is 0 Å². The molecule has 0 bridgehead atoms. The molecular formula is C14H18BrNO. The Bertz CT molecular complexity index is 436. The first-order valence-corrected chi connectivity index (χ1v) is 6.88. The van der Waals surface area contributed by atoms with Crippen LogP contribution in [0.1, 0.15) is 48.5 Å². The molecule has 1 aliphatic carbocycles. The molecule has 1 N–H and O–H groups in total. The van der Waals surface area contributed by atoms with E-state index in [9.17, 15) is 4.79 Å². The van der Waals surface area contributed by atoms with Gasteiger partial charge in [0.25, 0.3) is 5.91 Å². The van der Waals surface area contributed by atoms with Crippen LogP contribution in [0, 0.1) is 6.92 Å². The van der Waals surface area contributed by atoms with Crippen LogP contribution in [0.4, 0.5) is 0 Å². The molecule has 2 nitrogen and oxygen atoms in total. The van der Waals surface area contributed by atoms with E-state index < -0.39 is 0 Å². The molecule has 0 saturated heterocycles. The summed E-state index contributed by atoms with van der Waals surface area (Å²) in [4.78, 5) is 12.1. The molecule has 1 aromatic carbocycles. The maximum absolute atomic E-state index is 12.1. The van der Waals surface area contributed by atoms with E-state index in [1.54, 1.807) is 0 Å². The van der Waals surface area contributed by atoms with E-state index in [4.69, 9.17) is 0 Å². The van der Waals surface area contributed by atoms with E-state index in [1.807, 2.05) is 25.1 Å². The zero-order valence-electron chi connectivity index (χ0n) is 10.3. The van der Waals surface area contributed by atoms with Crippen molar-refractivity contribution in [1.82, 2.24) is 5.32 Å². The van der Waals surface area contributed by atoms with E-state index in [-0.39, 0.29) is 11.4 Å². The standard InChI is InChI=1S/C14H18BrNO/c1-10-9-11(5-6-12(10)15)13(17)16-14(2)7-3-4-8-14/h5-6,9H,3-4,7-8H2,1-2H3,(H,16,17). The number of benzene rings is 1. The molecule has 1 aromatic rings. The van der Waals surface area contributed by atoms with Crippen LogP contribution in [-0.4, -0.2) is 11.4 Å². The minimum atomic E-state index is -0.00192. The monoisotopic (exact) mass is 295 g/mol. The SMILES string of the molecule is Cc1cc(C(=O)NC2(C)CCCC2)ccc1Br. The van der Waals surface area contributed by atoms with E-state index in [1.165, 1.54) is 12.8 Å². The van der Waals surface area contributed by atoms with Gasteiger partial charge in [-0.2, -0.15) is 0 Å².